The lowest BCUT2D eigenvalue weighted by atomic mass is 9.85. The maximum atomic E-state index is 13.9. The molecule has 2 heterocycles. The van der Waals surface area contributed by atoms with Crippen LogP contribution in [0.3, 0.4) is 0 Å². The van der Waals surface area contributed by atoms with Crippen LogP contribution >= 0.6 is 0 Å². The molecule has 2 aromatic heterocycles. The van der Waals surface area contributed by atoms with Gasteiger partial charge < -0.3 is 9.72 Å². The molecule has 1 atom stereocenters. The molecule has 4 aromatic carbocycles. The van der Waals surface area contributed by atoms with Gasteiger partial charge in [-0.25, -0.2) is 9.48 Å². The molecule has 6 rings (SSSR count). The number of nitrogens with zero attached hydrogens (tertiary/aromatic N) is 1. The molecule has 6 nitrogen and oxygen atoms in total. The van der Waals surface area contributed by atoms with E-state index in [9.17, 15) is 9.59 Å². The summed E-state index contributed by atoms with van der Waals surface area (Å²) in [6.45, 7) is 1.92. The van der Waals surface area contributed by atoms with Crippen molar-refractivity contribution in [1.82, 2.24) is 14.8 Å². The fourth-order valence-corrected chi connectivity index (χ4v) is 4.96. The van der Waals surface area contributed by atoms with Crippen LogP contribution in [0.1, 0.15) is 38.7 Å². The molecule has 0 aliphatic carbocycles. The van der Waals surface area contributed by atoms with Crippen molar-refractivity contribution < 1.29 is 9.53 Å². The summed E-state index contributed by atoms with van der Waals surface area (Å²) in [5, 5.41) is 4.31. The second-order valence-corrected chi connectivity index (χ2v) is 9.17. The molecule has 0 fully saturated rings. The number of hydrogen-bond acceptors (Lipinski definition) is 3. The third-order valence-electron chi connectivity index (χ3n) is 6.79. The standard InChI is InChI=1S/C32H25N3O3/c1-21-29(31(36)35(34-21)24-12-6-3-7-13-24)30(27-20-33-28-15-9-8-14-26(27)28)22-16-18-25(19-17-22)38-32(37)23-10-4-2-5-11-23/h2-20,30,33-34H,1H3. The number of aromatic amines is 2. The van der Waals surface area contributed by atoms with Gasteiger partial charge in [0.15, 0.2) is 0 Å². The van der Waals surface area contributed by atoms with Crippen LogP contribution in [0.5, 0.6) is 5.75 Å². The second kappa shape index (κ2) is 9.75. The number of ether oxygens (including phenoxy) is 1. The summed E-state index contributed by atoms with van der Waals surface area (Å²) >= 11 is 0. The molecule has 0 aliphatic heterocycles. The number of aromatic nitrogens is 3. The van der Waals surface area contributed by atoms with E-state index >= 15 is 0 Å². The quantitative estimate of drug-likeness (QED) is 0.207. The van der Waals surface area contributed by atoms with Gasteiger partial charge in [0.2, 0.25) is 0 Å². The summed E-state index contributed by atoms with van der Waals surface area (Å²) in [6.07, 6.45) is 1.97. The normalized spacial score (nSPS) is 11.9. The Morgan fingerprint density at radius 3 is 2.21 bits per heavy atom. The Kier molecular flexibility index (Phi) is 5.98. The van der Waals surface area contributed by atoms with E-state index in [4.69, 9.17) is 4.74 Å². The molecule has 6 aromatic rings. The third kappa shape index (κ3) is 4.22. The topological polar surface area (TPSA) is 79.9 Å². The SMILES string of the molecule is Cc1[nH]n(-c2ccccc2)c(=O)c1C(c1ccc(OC(=O)c2ccccc2)cc1)c1c[nH]c2ccccc12. The number of esters is 1. The molecule has 0 amide bonds. The highest BCUT2D eigenvalue weighted by molar-refractivity contribution is 5.91. The fraction of sp³-hybridized carbons (Fsp3) is 0.0625. The van der Waals surface area contributed by atoms with Gasteiger partial charge in [-0.05, 0) is 60.5 Å². The summed E-state index contributed by atoms with van der Waals surface area (Å²) in [5.41, 5.74) is 5.50. The van der Waals surface area contributed by atoms with Gasteiger partial charge in [-0.3, -0.25) is 9.89 Å². The number of hydrogen-bond donors (Lipinski definition) is 2. The van der Waals surface area contributed by atoms with Crippen LogP contribution in [-0.2, 0) is 0 Å². The van der Waals surface area contributed by atoms with Crippen molar-refractivity contribution in [2.75, 3.05) is 0 Å². The Morgan fingerprint density at radius 2 is 1.47 bits per heavy atom. The van der Waals surface area contributed by atoms with Gasteiger partial charge in [-0.15, -0.1) is 0 Å². The zero-order valence-corrected chi connectivity index (χ0v) is 20.7. The first-order valence-corrected chi connectivity index (χ1v) is 12.4. The number of carbonyl (C=O) groups excluding carboxylic acids is 1. The predicted octanol–water partition coefficient (Wildman–Crippen LogP) is 6.35. The van der Waals surface area contributed by atoms with Crippen LogP contribution in [0.25, 0.3) is 16.6 Å². The van der Waals surface area contributed by atoms with E-state index in [1.54, 1.807) is 41.1 Å². The minimum atomic E-state index is -0.418. The minimum Gasteiger partial charge on any atom is -0.423 e. The number of nitrogens with one attached hydrogen (secondary N) is 2. The van der Waals surface area contributed by atoms with Crippen molar-refractivity contribution in [3.05, 3.63) is 154 Å². The molecule has 6 heteroatoms. The molecular weight excluding hydrogens is 474 g/mol. The summed E-state index contributed by atoms with van der Waals surface area (Å²) in [4.78, 5) is 29.8. The maximum absolute atomic E-state index is 13.9. The first kappa shape index (κ1) is 23.3. The van der Waals surface area contributed by atoms with Crippen LogP contribution in [0.2, 0.25) is 0 Å². The first-order valence-electron chi connectivity index (χ1n) is 12.4. The molecule has 1 unspecified atom stereocenters. The van der Waals surface area contributed by atoms with Gasteiger partial charge in [-0.1, -0.05) is 66.7 Å². The Balaban J connectivity index is 1.44. The molecule has 0 radical (unpaired) electrons. The maximum Gasteiger partial charge on any atom is 0.343 e. The van der Waals surface area contributed by atoms with Gasteiger partial charge in [0, 0.05) is 28.7 Å². The number of aryl methyl sites for hydroxylation is 1. The van der Waals surface area contributed by atoms with E-state index in [0.717, 1.165) is 33.4 Å². The summed E-state index contributed by atoms with van der Waals surface area (Å²) in [5.74, 6) is -0.328. The van der Waals surface area contributed by atoms with Crippen LogP contribution < -0.4 is 10.3 Å². The average molecular weight is 500 g/mol. The molecular formula is C32H25N3O3. The number of H-pyrrole nitrogens is 2. The number of fused-ring (bicyclic) bond motifs is 1. The number of rotatable bonds is 6. The molecule has 0 saturated heterocycles. The van der Waals surface area contributed by atoms with Crippen LogP contribution in [0.4, 0.5) is 0 Å². The lowest BCUT2D eigenvalue weighted by molar-refractivity contribution is 0.0734. The molecule has 0 bridgehead atoms. The lowest BCUT2D eigenvalue weighted by Crippen LogP contribution is -2.20. The van der Waals surface area contributed by atoms with E-state index in [0.29, 0.717) is 16.9 Å². The fourth-order valence-electron chi connectivity index (χ4n) is 4.96. The van der Waals surface area contributed by atoms with E-state index < -0.39 is 5.97 Å². The van der Waals surface area contributed by atoms with Crippen LogP contribution in [0.15, 0.2) is 120 Å². The lowest BCUT2D eigenvalue weighted by Gasteiger charge is -2.17. The molecule has 0 spiro atoms. The number of para-hydroxylation sites is 2. The van der Waals surface area contributed by atoms with Crippen molar-refractivity contribution >= 4 is 16.9 Å². The van der Waals surface area contributed by atoms with Crippen molar-refractivity contribution in [3.63, 3.8) is 0 Å². The molecule has 0 saturated carbocycles. The Labute approximate surface area is 219 Å². The minimum absolute atomic E-state index is 0.108. The van der Waals surface area contributed by atoms with E-state index in [1.807, 2.05) is 79.9 Å². The van der Waals surface area contributed by atoms with Gasteiger partial charge in [0.1, 0.15) is 5.75 Å². The smallest absolute Gasteiger partial charge is 0.343 e. The van der Waals surface area contributed by atoms with E-state index in [1.165, 1.54) is 0 Å². The largest absolute Gasteiger partial charge is 0.423 e. The van der Waals surface area contributed by atoms with Gasteiger partial charge in [-0.2, -0.15) is 0 Å². The van der Waals surface area contributed by atoms with E-state index in [-0.39, 0.29) is 11.5 Å². The van der Waals surface area contributed by atoms with Gasteiger partial charge in [0.05, 0.1) is 16.8 Å². The van der Waals surface area contributed by atoms with Crippen LogP contribution in [-0.4, -0.2) is 20.7 Å². The molecule has 38 heavy (non-hydrogen) atoms. The average Bonchev–Trinajstić information content (AvgIpc) is 3.52. The highest BCUT2D eigenvalue weighted by Crippen LogP contribution is 2.37. The molecule has 0 aliphatic rings. The Morgan fingerprint density at radius 1 is 0.816 bits per heavy atom. The van der Waals surface area contributed by atoms with Gasteiger partial charge >= 0.3 is 5.97 Å². The number of carbonyl (C=O) groups is 1. The summed E-state index contributed by atoms with van der Waals surface area (Å²) in [6, 6.07) is 33.9. The van der Waals surface area contributed by atoms with Crippen molar-refractivity contribution in [2.24, 2.45) is 0 Å². The predicted molar refractivity (Wildman–Crippen MR) is 148 cm³/mol. The summed E-state index contributed by atoms with van der Waals surface area (Å²) < 4.78 is 7.18. The van der Waals surface area contributed by atoms with Crippen molar-refractivity contribution in [2.45, 2.75) is 12.8 Å². The zero-order valence-electron chi connectivity index (χ0n) is 20.7. The third-order valence-corrected chi connectivity index (χ3v) is 6.79. The Hall–Kier alpha value is -5.10. The van der Waals surface area contributed by atoms with Crippen molar-refractivity contribution in [3.8, 4) is 11.4 Å². The highest BCUT2D eigenvalue weighted by atomic mass is 16.5. The van der Waals surface area contributed by atoms with E-state index in [2.05, 4.69) is 16.1 Å². The van der Waals surface area contributed by atoms with Crippen molar-refractivity contribution in [1.29, 1.82) is 0 Å². The highest BCUT2D eigenvalue weighted by Gasteiger charge is 2.27. The first-order chi connectivity index (χ1) is 18.6. The Bertz CT molecular complexity index is 1780. The molecule has 186 valence electrons. The summed E-state index contributed by atoms with van der Waals surface area (Å²) in [7, 11) is 0. The van der Waals surface area contributed by atoms with Crippen LogP contribution in [0, 0.1) is 6.92 Å². The van der Waals surface area contributed by atoms with Gasteiger partial charge in [0.25, 0.3) is 5.56 Å². The molecule has 2 N–H and O–H groups in total. The zero-order chi connectivity index (χ0) is 26.1. The monoisotopic (exact) mass is 499 g/mol. The second-order valence-electron chi connectivity index (χ2n) is 9.17. The number of benzene rings is 4.